The maximum Gasteiger partial charge on any atom is 0.0576 e. The van der Waals surface area contributed by atoms with Crippen LogP contribution in [0.5, 0.6) is 0 Å². The van der Waals surface area contributed by atoms with Gasteiger partial charge in [-0.3, -0.25) is 0 Å². The third-order valence-corrected chi connectivity index (χ3v) is 2.69. The molecule has 0 aliphatic heterocycles. The van der Waals surface area contributed by atoms with E-state index < -0.39 is 0 Å². The van der Waals surface area contributed by atoms with E-state index in [4.69, 9.17) is 0 Å². The fraction of sp³-hybridized carbons (Fsp3) is 0.467. The zero-order valence-electron chi connectivity index (χ0n) is 10.3. The van der Waals surface area contributed by atoms with Crippen LogP contribution in [-0.4, -0.2) is 13.1 Å². The molecule has 1 atom stereocenters. The minimum absolute atomic E-state index is 0.616. The fourth-order valence-corrected chi connectivity index (χ4v) is 1.86. The Morgan fingerprint density at radius 3 is 2.62 bits per heavy atom. The van der Waals surface area contributed by atoms with E-state index in [9.17, 15) is 0 Å². The van der Waals surface area contributed by atoms with Crippen LogP contribution in [0.2, 0.25) is 0 Å². The van der Waals surface area contributed by atoms with Gasteiger partial charge in [-0.15, -0.1) is 5.92 Å². The smallest absolute Gasteiger partial charge is 0.0576 e. The van der Waals surface area contributed by atoms with Gasteiger partial charge < -0.3 is 5.32 Å². The van der Waals surface area contributed by atoms with Gasteiger partial charge >= 0.3 is 0 Å². The first-order valence-electron chi connectivity index (χ1n) is 6.03. The Balaban J connectivity index is 2.50. The van der Waals surface area contributed by atoms with Crippen molar-refractivity contribution in [3.63, 3.8) is 0 Å². The van der Waals surface area contributed by atoms with E-state index in [2.05, 4.69) is 54.4 Å². The number of rotatable bonds is 6. The average Bonchev–Trinajstić information content (AvgIpc) is 2.34. The van der Waals surface area contributed by atoms with Crippen molar-refractivity contribution in [2.24, 2.45) is 0 Å². The molecule has 1 unspecified atom stereocenters. The first-order chi connectivity index (χ1) is 7.88. The summed E-state index contributed by atoms with van der Waals surface area (Å²) in [6, 6.07) is 10.7. The lowest BCUT2D eigenvalue weighted by Gasteiger charge is -2.16. The van der Waals surface area contributed by atoms with Crippen molar-refractivity contribution >= 4 is 0 Å². The molecule has 0 aliphatic carbocycles. The summed E-state index contributed by atoms with van der Waals surface area (Å²) in [5, 5.41) is 3.40. The summed E-state index contributed by atoms with van der Waals surface area (Å²) in [5.74, 6) is 6.55. The highest BCUT2D eigenvalue weighted by molar-refractivity contribution is 5.19. The molecular weight excluding hydrogens is 194 g/mol. The molecule has 0 bridgehead atoms. The maximum absolute atomic E-state index is 3.40. The fourth-order valence-electron chi connectivity index (χ4n) is 1.86. The van der Waals surface area contributed by atoms with Crippen LogP contribution in [0, 0.1) is 11.8 Å². The Hall–Kier alpha value is -1.26. The van der Waals surface area contributed by atoms with Gasteiger partial charge in [0.05, 0.1) is 6.54 Å². The van der Waals surface area contributed by atoms with Gasteiger partial charge in [-0.2, -0.15) is 0 Å². The third kappa shape index (κ3) is 4.51. The standard InChI is InChI=1S/C15H21N/c1-3-5-12-16-13-15(9-4-2)14-10-7-6-8-11-14/h6-8,10-11,15-16H,4,9,12-13H2,1-2H3. The molecule has 1 heteroatoms. The Morgan fingerprint density at radius 1 is 1.25 bits per heavy atom. The van der Waals surface area contributed by atoms with Crippen molar-refractivity contribution < 1.29 is 0 Å². The first-order valence-corrected chi connectivity index (χ1v) is 6.03. The van der Waals surface area contributed by atoms with Crippen molar-refractivity contribution in [1.82, 2.24) is 5.32 Å². The molecule has 0 fully saturated rings. The van der Waals surface area contributed by atoms with Crippen molar-refractivity contribution in [3.05, 3.63) is 35.9 Å². The van der Waals surface area contributed by atoms with Crippen LogP contribution in [0.15, 0.2) is 30.3 Å². The predicted octanol–water partition coefficient (Wildman–Crippen LogP) is 3.18. The zero-order valence-corrected chi connectivity index (χ0v) is 10.3. The van der Waals surface area contributed by atoms with Crippen LogP contribution in [0.25, 0.3) is 0 Å². The number of hydrogen-bond donors (Lipinski definition) is 1. The highest BCUT2D eigenvalue weighted by atomic mass is 14.8. The summed E-state index contributed by atoms with van der Waals surface area (Å²) < 4.78 is 0. The van der Waals surface area contributed by atoms with E-state index in [-0.39, 0.29) is 0 Å². The Kier molecular flexibility index (Phi) is 6.37. The highest BCUT2D eigenvalue weighted by Crippen LogP contribution is 2.19. The Labute approximate surface area is 99.3 Å². The summed E-state index contributed by atoms with van der Waals surface area (Å²) >= 11 is 0. The van der Waals surface area contributed by atoms with E-state index in [1.54, 1.807) is 0 Å². The summed E-state index contributed by atoms with van der Waals surface area (Å²) in [4.78, 5) is 0. The minimum Gasteiger partial charge on any atom is -0.306 e. The van der Waals surface area contributed by atoms with Crippen LogP contribution in [-0.2, 0) is 0 Å². The zero-order chi connectivity index (χ0) is 11.6. The molecule has 0 radical (unpaired) electrons. The largest absolute Gasteiger partial charge is 0.306 e. The second-order valence-electron chi connectivity index (χ2n) is 3.95. The van der Waals surface area contributed by atoms with Gasteiger partial charge in [0.15, 0.2) is 0 Å². The van der Waals surface area contributed by atoms with Gasteiger partial charge in [0.25, 0.3) is 0 Å². The lowest BCUT2D eigenvalue weighted by molar-refractivity contribution is 0.565. The van der Waals surface area contributed by atoms with E-state index in [0.717, 1.165) is 13.1 Å². The van der Waals surface area contributed by atoms with Crippen LogP contribution in [0.1, 0.15) is 38.2 Å². The van der Waals surface area contributed by atoms with E-state index in [0.29, 0.717) is 5.92 Å². The van der Waals surface area contributed by atoms with Crippen LogP contribution in [0.3, 0.4) is 0 Å². The third-order valence-electron chi connectivity index (χ3n) is 2.69. The van der Waals surface area contributed by atoms with Gasteiger partial charge in [-0.25, -0.2) is 0 Å². The molecule has 1 aromatic carbocycles. The number of nitrogens with one attached hydrogen (secondary N) is 1. The van der Waals surface area contributed by atoms with Gasteiger partial charge in [-0.1, -0.05) is 49.6 Å². The molecule has 0 aliphatic rings. The highest BCUT2D eigenvalue weighted by Gasteiger charge is 2.08. The maximum atomic E-state index is 3.40. The van der Waals surface area contributed by atoms with Gasteiger partial charge in [-0.05, 0) is 24.8 Å². The van der Waals surface area contributed by atoms with Crippen molar-refractivity contribution in [2.75, 3.05) is 13.1 Å². The van der Waals surface area contributed by atoms with Crippen molar-refractivity contribution in [1.29, 1.82) is 0 Å². The van der Waals surface area contributed by atoms with E-state index >= 15 is 0 Å². The molecule has 86 valence electrons. The number of benzene rings is 1. The molecule has 16 heavy (non-hydrogen) atoms. The molecule has 0 saturated carbocycles. The van der Waals surface area contributed by atoms with E-state index in [1.807, 2.05) is 6.92 Å². The number of hydrogen-bond acceptors (Lipinski definition) is 1. The molecular formula is C15H21N. The Morgan fingerprint density at radius 2 is 2.00 bits per heavy atom. The van der Waals surface area contributed by atoms with Crippen LogP contribution in [0.4, 0.5) is 0 Å². The second kappa shape index (κ2) is 7.96. The molecule has 1 rings (SSSR count). The van der Waals surface area contributed by atoms with E-state index in [1.165, 1.54) is 18.4 Å². The Bertz CT molecular complexity index is 331. The molecule has 1 nitrogen and oxygen atoms in total. The first kappa shape index (κ1) is 12.8. The normalized spacial score (nSPS) is 11.6. The average molecular weight is 215 g/mol. The molecule has 0 heterocycles. The molecule has 0 spiro atoms. The van der Waals surface area contributed by atoms with Gasteiger partial charge in [0.2, 0.25) is 0 Å². The van der Waals surface area contributed by atoms with Crippen LogP contribution >= 0.6 is 0 Å². The van der Waals surface area contributed by atoms with Gasteiger partial charge in [0.1, 0.15) is 0 Å². The monoisotopic (exact) mass is 215 g/mol. The lowest BCUT2D eigenvalue weighted by atomic mass is 9.94. The SMILES string of the molecule is CC#CCNCC(CCC)c1ccccc1. The molecule has 0 aromatic heterocycles. The quantitative estimate of drug-likeness (QED) is 0.567. The minimum atomic E-state index is 0.616. The summed E-state index contributed by atoms with van der Waals surface area (Å²) in [7, 11) is 0. The predicted molar refractivity (Wildman–Crippen MR) is 70.4 cm³/mol. The topological polar surface area (TPSA) is 12.0 Å². The van der Waals surface area contributed by atoms with Gasteiger partial charge in [0, 0.05) is 6.54 Å². The molecule has 1 aromatic rings. The summed E-state index contributed by atoms with van der Waals surface area (Å²) in [6.45, 7) is 5.93. The van der Waals surface area contributed by atoms with Crippen LogP contribution < -0.4 is 5.32 Å². The molecule has 0 amide bonds. The molecule has 0 saturated heterocycles. The summed E-state index contributed by atoms with van der Waals surface area (Å²) in [5.41, 5.74) is 1.43. The lowest BCUT2D eigenvalue weighted by Crippen LogP contribution is -2.21. The molecule has 1 N–H and O–H groups in total. The summed E-state index contributed by atoms with van der Waals surface area (Å²) in [6.07, 6.45) is 2.46. The van der Waals surface area contributed by atoms with Crippen molar-refractivity contribution in [2.45, 2.75) is 32.6 Å². The van der Waals surface area contributed by atoms with Crippen molar-refractivity contribution in [3.8, 4) is 11.8 Å². The second-order valence-corrected chi connectivity index (χ2v) is 3.95.